The van der Waals surface area contributed by atoms with E-state index in [2.05, 4.69) is 29.5 Å². The van der Waals surface area contributed by atoms with Crippen LogP contribution in [0.4, 0.5) is 0 Å². The molecule has 0 aliphatic carbocycles. The molecule has 0 spiro atoms. The lowest BCUT2D eigenvalue weighted by Crippen LogP contribution is -2.30. The summed E-state index contributed by atoms with van der Waals surface area (Å²) in [5.41, 5.74) is 0.638. The number of carbonyl (C=O) groups excluding carboxylic acids is 1. The molecule has 1 amide bonds. The summed E-state index contributed by atoms with van der Waals surface area (Å²) < 4.78 is 12.0. The summed E-state index contributed by atoms with van der Waals surface area (Å²) in [4.78, 5) is 14.2. The van der Waals surface area contributed by atoms with Crippen molar-refractivity contribution in [3.63, 3.8) is 0 Å². The second-order valence-electron chi connectivity index (χ2n) is 4.32. The summed E-state index contributed by atoms with van der Waals surface area (Å²) >= 11 is 2.18. The Morgan fingerprint density at radius 1 is 1.25 bits per heavy atom. The Morgan fingerprint density at radius 2 is 1.90 bits per heavy atom. The third kappa shape index (κ3) is 4.01. The van der Waals surface area contributed by atoms with Crippen LogP contribution in [0, 0.1) is 3.57 Å². The largest absolute Gasteiger partial charge is 0.493 e. The van der Waals surface area contributed by atoms with Crippen LogP contribution in [0.25, 0.3) is 0 Å². The van der Waals surface area contributed by atoms with Gasteiger partial charge in [0, 0.05) is 18.7 Å². The predicted molar refractivity (Wildman–Crippen MR) is 88.7 cm³/mol. The predicted octanol–water partition coefficient (Wildman–Crippen LogP) is 3.57. The molecule has 0 heterocycles. The zero-order valence-corrected chi connectivity index (χ0v) is 14.7. The molecule has 1 aromatic carbocycles. The molecule has 0 radical (unpaired) electrons. The molecule has 20 heavy (non-hydrogen) atoms. The van der Waals surface area contributed by atoms with Crippen LogP contribution in [0.3, 0.4) is 0 Å². The quantitative estimate of drug-likeness (QED) is 0.668. The molecule has 0 atom stereocenters. The van der Waals surface area contributed by atoms with Crippen LogP contribution in [0.1, 0.15) is 37.6 Å². The van der Waals surface area contributed by atoms with E-state index in [4.69, 9.17) is 9.47 Å². The van der Waals surface area contributed by atoms with Crippen LogP contribution in [0.5, 0.6) is 11.5 Å². The SMILES string of the molecule is CCCOc1c(I)cc(C(=O)N(CC)CC)cc1OC. The van der Waals surface area contributed by atoms with Gasteiger partial charge >= 0.3 is 0 Å². The fraction of sp³-hybridized carbons (Fsp3) is 0.533. The molecule has 1 aromatic rings. The number of amides is 1. The molecule has 112 valence electrons. The Hall–Kier alpha value is -0.980. The van der Waals surface area contributed by atoms with Crippen molar-refractivity contribution in [2.75, 3.05) is 26.8 Å². The molecule has 0 aliphatic rings. The molecule has 0 bridgehead atoms. The highest BCUT2D eigenvalue weighted by Crippen LogP contribution is 2.34. The van der Waals surface area contributed by atoms with E-state index in [9.17, 15) is 4.79 Å². The minimum atomic E-state index is 0.0215. The first kappa shape index (κ1) is 17.1. The van der Waals surface area contributed by atoms with Gasteiger partial charge in [0.25, 0.3) is 5.91 Å². The molecular formula is C15H22INO3. The number of nitrogens with zero attached hydrogens (tertiary/aromatic N) is 1. The smallest absolute Gasteiger partial charge is 0.254 e. The van der Waals surface area contributed by atoms with E-state index in [1.807, 2.05) is 19.9 Å². The van der Waals surface area contributed by atoms with Gasteiger partial charge in [0.15, 0.2) is 11.5 Å². The Morgan fingerprint density at radius 3 is 2.40 bits per heavy atom. The molecule has 0 N–H and O–H groups in total. The highest BCUT2D eigenvalue weighted by atomic mass is 127. The van der Waals surface area contributed by atoms with E-state index in [0.717, 1.165) is 9.99 Å². The second kappa shape index (κ2) is 8.34. The highest BCUT2D eigenvalue weighted by Gasteiger charge is 2.18. The van der Waals surface area contributed by atoms with E-state index in [1.54, 1.807) is 18.1 Å². The van der Waals surface area contributed by atoms with Crippen LogP contribution >= 0.6 is 22.6 Å². The summed E-state index contributed by atoms with van der Waals surface area (Å²) in [7, 11) is 1.59. The maximum atomic E-state index is 12.4. The van der Waals surface area contributed by atoms with Crippen LogP contribution < -0.4 is 9.47 Å². The molecule has 5 heteroatoms. The highest BCUT2D eigenvalue weighted by molar-refractivity contribution is 14.1. The fourth-order valence-corrected chi connectivity index (χ4v) is 2.64. The van der Waals surface area contributed by atoms with Crippen molar-refractivity contribution in [2.24, 2.45) is 0 Å². The van der Waals surface area contributed by atoms with E-state index in [-0.39, 0.29) is 5.91 Å². The average Bonchev–Trinajstić information content (AvgIpc) is 2.46. The molecule has 4 nitrogen and oxygen atoms in total. The van der Waals surface area contributed by atoms with E-state index >= 15 is 0 Å². The molecule has 0 fully saturated rings. The van der Waals surface area contributed by atoms with Gasteiger partial charge < -0.3 is 14.4 Å². The van der Waals surface area contributed by atoms with Gasteiger partial charge in [-0.2, -0.15) is 0 Å². The summed E-state index contributed by atoms with van der Waals surface area (Å²) in [6.07, 6.45) is 0.930. The van der Waals surface area contributed by atoms with Gasteiger partial charge in [-0.25, -0.2) is 0 Å². The van der Waals surface area contributed by atoms with E-state index in [0.29, 0.717) is 36.8 Å². The average molecular weight is 391 g/mol. The first-order chi connectivity index (χ1) is 9.58. The van der Waals surface area contributed by atoms with Crippen molar-refractivity contribution in [1.29, 1.82) is 0 Å². The Bertz CT molecular complexity index is 459. The molecule has 1 rings (SSSR count). The maximum absolute atomic E-state index is 12.4. The number of methoxy groups -OCH3 is 1. The minimum absolute atomic E-state index is 0.0215. The molecule has 0 saturated carbocycles. The minimum Gasteiger partial charge on any atom is -0.493 e. The van der Waals surface area contributed by atoms with Gasteiger partial charge in [0.05, 0.1) is 17.3 Å². The first-order valence-electron chi connectivity index (χ1n) is 6.88. The number of hydrogen-bond acceptors (Lipinski definition) is 3. The molecular weight excluding hydrogens is 369 g/mol. The van der Waals surface area contributed by atoms with Crippen LogP contribution in [0.15, 0.2) is 12.1 Å². The standard InChI is InChI=1S/C15H22INO3/c1-5-8-20-14-12(16)9-11(10-13(14)19-4)15(18)17(6-2)7-3/h9-10H,5-8H2,1-4H3. The van der Waals surface area contributed by atoms with Crippen molar-refractivity contribution >= 4 is 28.5 Å². The van der Waals surface area contributed by atoms with Gasteiger partial charge in [0.1, 0.15) is 0 Å². The van der Waals surface area contributed by atoms with Crippen molar-refractivity contribution in [3.05, 3.63) is 21.3 Å². The number of carbonyl (C=O) groups is 1. The summed E-state index contributed by atoms with van der Waals surface area (Å²) in [6.45, 7) is 8.03. The van der Waals surface area contributed by atoms with Crippen LogP contribution in [-0.4, -0.2) is 37.6 Å². The monoisotopic (exact) mass is 391 g/mol. The zero-order valence-electron chi connectivity index (χ0n) is 12.5. The summed E-state index contributed by atoms with van der Waals surface area (Å²) in [6, 6.07) is 3.61. The van der Waals surface area contributed by atoms with Crippen LogP contribution in [0.2, 0.25) is 0 Å². The third-order valence-corrected chi connectivity index (χ3v) is 3.78. The topological polar surface area (TPSA) is 38.8 Å². The lowest BCUT2D eigenvalue weighted by atomic mass is 10.1. The third-order valence-electron chi connectivity index (χ3n) is 2.98. The zero-order chi connectivity index (χ0) is 15.1. The lowest BCUT2D eigenvalue weighted by Gasteiger charge is -2.20. The molecule has 0 aromatic heterocycles. The van der Waals surface area contributed by atoms with Crippen molar-refractivity contribution < 1.29 is 14.3 Å². The van der Waals surface area contributed by atoms with Gasteiger partial charge in [-0.15, -0.1) is 0 Å². The van der Waals surface area contributed by atoms with Gasteiger partial charge in [-0.1, -0.05) is 6.92 Å². The van der Waals surface area contributed by atoms with Crippen molar-refractivity contribution in [1.82, 2.24) is 4.90 Å². The summed E-state index contributed by atoms with van der Waals surface area (Å²) in [5.74, 6) is 1.35. The Kier molecular flexibility index (Phi) is 7.12. The van der Waals surface area contributed by atoms with E-state index < -0.39 is 0 Å². The maximum Gasteiger partial charge on any atom is 0.254 e. The molecule has 0 aliphatic heterocycles. The lowest BCUT2D eigenvalue weighted by molar-refractivity contribution is 0.0772. The molecule has 0 saturated heterocycles. The van der Waals surface area contributed by atoms with Crippen LogP contribution in [-0.2, 0) is 0 Å². The number of hydrogen-bond donors (Lipinski definition) is 0. The fourth-order valence-electron chi connectivity index (χ4n) is 1.88. The van der Waals surface area contributed by atoms with Crippen molar-refractivity contribution in [3.8, 4) is 11.5 Å². The Balaban J connectivity index is 3.12. The first-order valence-corrected chi connectivity index (χ1v) is 7.96. The number of halogens is 1. The van der Waals surface area contributed by atoms with Gasteiger partial charge in [-0.05, 0) is 55.0 Å². The number of benzene rings is 1. The van der Waals surface area contributed by atoms with Crippen molar-refractivity contribution in [2.45, 2.75) is 27.2 Å². The number of ether oxygens (including phenoxy) is 2. The van der Waals surface area contributed by atoms with Gasteiger partial charge in [-0.3, -0.25) is 4.79 Å². The Labute approximate surface area is 134 Å². The van der Waals surface area contributed by atoms with Gasteiger partial charge in [0.2, 0.25) is 0 Å². The van der Waals surface area contributed by atoms with E-state index in [1.165, 1.54) is 0 Å². The number of rotatable bonds is 7. The molecule has 0 unspecified atom stereocenters. The second-order valence-corrected chi connectivity index (χ2v) is 5.48. The summed E-state index contributed by atoms with van der Waals surface area (Å²) in [5, 5.41) is 0. The normalized spacial score (nSPS) is 10.2.